The number of alkyl carbamates (subject to hydrolysis) is 1. The zero-order chi connectivity index (χ0) is 24.6. The topological polar surface area (TPSA) is 105 Å². The Hall–Kier alpha value is -4.13. The molecule has 0 unspecified atom stereocenters. The molecular formula is C28H28N2O5. The molecule has 0 heterocycles. The van der Waals surface area contributed by atoms with Gasteiger partial charge in [-0.25, -0.2) is 4.79 Å². The second kappa shape index (κ2) is 11.3. The standard InChI is InChI=1S/C28H28N2O5/c31-26(32)14-7-16-29-27(33)20-9-2-1-8-19(20)15-17-30-28(34)35-18-25-23-12-5-3-10-21(23)22-11-4-6-13-24(22)25/h1-6,8-13,25H,7,14-18H2,(H,29,33)(H,30,34)(H,31,32). The smallest absolute Gasteiger partial charge is 0.407 e. The number of ether oxygens (including phenoxy) is 1. The third kappa shape index (κ3) is 5.87. The first-order valence-corrected chi connectivity index (χ1v) is 11.7. The number of carbonyl (C=O) groups is 3. The van der Waals surface area contributed by atoms with Crippen LogP contribution in [0.1, 0.15) is 45.8 Å². The number of carbonyl (C=O) groups excluding carboxylic acids is 2. The van der Waals surface area contributed by atoms with Gasteiger partial charge in [0.05, 0.1) is 0 Å². The van der Waals surface area contributed by atoms with Crippen molar-refractivity contribution < 1.29 is 24.2 Å². The van der Waals surface area contributed by atoms with Gasteiger partial charge in [0.15, 0.2) is 0 Å². The Labute approximate surface area is 204 Å². The van der Waals surface area contributed by atoms with Gasteiger partial charge < -0.3 is 20.5 Å². The third-order valence-electron chi connectivity index (χ3n) is 6.12. The number of aliphatic carboxylic acids is 1. The molecule has 35 heavy (non-hydrogen) atoms. The summed E-state index contributed by atoms with van der Waals surface area (Å²) in [5.74, 6) is -1.15. The molecule has 2 amide bonds. The average molecular weight is 473 g/mol. The summed E-state index contributed by atoms with van der Waals surface area (Å²) in [4.78, 5) is 35.5. The lowest BCUT2D eigenvalue weighted by atomic mass is 9.98. The Kier molecular flexibility index (Phi) is 7.77. The molecule has 180 valence electrons. The molecule has 0 fully saturated rings. The fourth-order valence-electron chi connectivity index (χ4n) is 4.45. The van der Waals surface area contributed by atoms with E-state index in [9.17, 15) is 14.4 Å². The van der Waals surface area contributed by atoms with Gasteiger partial charge in [0.25, 0.3) is 5.91 Å². The molecule has 0 spiro atoms. The molecular weight excluding hydrogens is 444 g/mol. The van der Waals surface area contributed by atoms with Gasteiger partial charge in [-0.15, -0.1) is 0 Å². The van der Waals surface area contributed by atoms with Crippen molar-refractivity contribution >= 4 is 18.0 Å². The molecule has 0 aliphatic heterocycles. The Morgan fingerprint density at radius 1 is 0.800 bits per heavy atom. The number of fused-ring (bicyclic) bond motifs is 3. The summed E-state index contributed by atoms with van der Waals surface area (Å²) >= 11 is 0. The molecule has 7 nitrogen and oxygen atoms in total. The van der Waals surface area contributed by atoms with E-state index in [1.807, 2.05) is 36.4 Å². The molecule has 1 aliphatic carbocycles. The van der Waals surface area contributed by atoms with Gasteiger partial charge in [0.2, 0.25) is 0 Å². The van der Waals surface area contributed by atoms with Crippen molar-refractivity contribution in [3.05, 3.63) is 95.1 Å². The number of carboxylic acids is 1. The minimum atomic E-state index is -0.890. The van der Waals surface area contributed by atoms with Crippen LogP contribution in [0.25, 0.3) is 11.1 Å². The summed E-state index contributed by atoms with van der Waals surface area (Å²) < 4.78 is 5.56. The van der Waals surface area contributed by atoms with Gasteiger partial charge in [-0.3, -0.25) is 9.59 Å². The maximum absolute atomic E-state index is 12.5. The molecule has 0 saturated heterocycles. The van der Waals surface area contributed by atoms with Crippen LogP contribution in [0.3, 0.4) is 0 Å². The molecule has 3 aromatic carbocycles. The largest absolute Gasteiger partial charge is 0.481 e. The van der Waals surface area contributed by atoms with Gasteiger partial charge in [-0.2, -0.15) is 0 Å². The Morgan fingerprint density at radius 2 is 1.43 bits per heavy atom. The van der Waals surface area contributed by atoms with Crippen molar-refractivity contribution in [1.29, 1.82) is 0 Å². The van der Waals surface area contributed by atoms with E-state index in [4.69, 9.17) is 9.84 Å². The lowest BCUT2D eigenvalue weighted by Crippen LogP contribution is -2.29. The SMILES string of the molecule is O=C(O)CCCNC(=O)c1ccccc1CCNC(=O)OCC1c2ccccc2-c2ccccc21. The van der Waals surface area contributed by atoms with Gasteiger partial charge in [-0.1, -0.05) is 66.7 Å². The van der Waals surface area contributed by atoms with Crippen LogP contribution in [0, 0.1) is 0 Å². The average Bonchev–Trinajstić information content (AvgIpc) is 3.19. The highest BCUT2D eigenvalue weighted by Gasteiger charge is 2.28. The van der Waals surface area contributed by atoms with Crippen LogP contribution in [0.5, 0.6) is 0 Å². The number of amides is 2. The summed E-state index contributed by atoms with van der Waals surface area (Å²) in [5, 5.41) is 14.2. The van der Waals surface area contributed by atoms with Crippen molar-refractivity contribution in [3.8, 4) is 11.1 Å². The fraction of sp³-hybridized carbons (Fsp3) is 0.250. The first kappa shape index (κ1) is 24.0. The van der Waals surface area contributed by atoms with Gasteiger partial charge >= 0.3 is 12.1 Å². The number of carboxylic acid groups (broad SMARTS) is 1. The summed E-state index contributed by atoms with van der Waals surface area (Å²) in [7, 11) is 0. The second-order valence-corrected chi connectivity index (χ2v) is 8.41. The van der Waals surface area contributed by atoms with Crippen LogP contribution in [-0.2, 0) is 16.0 Å². The van der Waals surface area contributed by atoms with E-state index in [0.717, 1.165) is 16.7 Å². The zero-order valence-corrected chi connectivity index (χ0v) is 19.3. The third-order valence-corrected chi connectivity index (χ3v) is 6.12. The monoisotopic (exact) mass is 472 g/mol. The second-order valence-electron chi connectivity index (χ2n) is 8.41. The summed E-state index contributed by atoms with van der Waals surface area (Å²) in [5.41, 5.74) is 5.97. The number of hydrogen-bond acceptors (Lipinski definition) is 4. The summed E-state index contributed by atoms with van der Waals surface area (Å²) in [6.45, 7) is 0.854. The first-order valence-electron chi connectivity index (χ1n) is 11.7. The number of nitrogens with one attached hydrogen (secondary N) is 2. The van der Waals surface area contributed by atoms with Crippen LogP contribution < -0.4 is 10.6 Å². The summed E-state index contributed by atoms with van der Waals surface area (Å²) in [6, 6.07) is 23.5. The molecule has 1 aliphatic rings. The Morgan fingerprint density at radius 3 is 2.11 bits per heavy atom. The lowest BCUT2D eigenvalue weighted by Gasteiger charge is -2.15. The van der Waals surface area contributed by atoms with Gasteiger partial charge in [0, 0.05) is 31.0 Å². The maximum Gasteiger partial charge on any atom is 0.407 e. The lowest BCUT2D eigenvalue weighted by molar-refractivity contribution is -0.137. The van der Waals surface area contributed by atoms with Gasteiger partial charge in [0.1, 0.15) is 6.61 Å². The predicted molar refractivity (Wildman–Crippen MR) is 132 cm³/mol. The molecule has 7 heteroatoms. The van der Waals surface area contributed by atoms with Crippen molar-refractivity contribution in [2.75, 3.05) is 19.7 Å². The minimum Gasteiger partial charge on any atom is -0.481 e. The van der Waals surface area contributed by atoms with E-state index in [1.165, 1.54) is 11.1 Å². The zero-order valence-electron chi connectivity index (χ0n) is 19.3. The van der Waals surface area contributed by atoms with Crippen LogP contribution in [0.4, 0.5) is 4.79 Å². The van der Waals surface area contributed by atoms with Crippen molar-refractivity contribution in [2.45, 2.75) is 25.2 Å². The predicted octanol–water partition coefficient (Wildman–Crippen LogP) is 4.36. The molecule has 0 atom stereocenters. The van der Waals surface area contributed by atoms with E-state index in [0.29, 0.717) is 24.9 Å². The highest BCUT2D eigenvalue weighted by Crippen LogP contribution is 2.44. The van der Waals surface area contributed by atoms with E-state index >= 15 is 0 Å². The van der Waals surface area contributed by atoms with Gasteiger partial charge in [-0.05, 0) is 46.7 Å². The molecule has 4 rings (SSSR count). The molecule has 0 saturated carbocycles. The Balaban J connectivity index is 1.28. The van der Waals surface area contributed by atoms with Crippen LogP contribution in [-0.4, -0.2) is 42.8 Å². The molecule has 3 N–H and O–H groups in total. The molecule has 0 aromatic heterocycles. The van der Waals surface area contributed by atoms with Crippen molar-refractivity contribution in [1.82, 2.24) is 10.6 Å². The number of rotatable bonds is 10. The van der Waals surface area contributed by atoms with Crippen LogP contribution in [0.2, 0.25) is 0 Å². The fourth-order valence-corrected chi connectivity index (χ4v) is 4.45. The molecule has 3 aromatic rings. The normalized spacial score (nSPS) is 11.9. The van der Waals surface area contributed by atoms with Crippen molar-refractivity contribution in [3.63, 3.8) is 0 Å². The van der Waals surface area contributed by atoms with Crippen molar-refractivity contribution in [2.24, 2.45) is 0 Å². The van der Waals surface area contributed by atoms with E-state index in [2.05, 4.69) is 34.9 Å². The Bertz CT molecular complexity index is 1180. The highest BCUT2D eigenvalue weighted by atomic mass is 16.5. The molecule has 0 bridgehead atoms. The highest BCUT2D eigenvalue weighted by molar-refractivity contribution is 5.95. The van der Waals surface area contributed by atoms with Crippen LogP contribution >= 0.6 is 0 Å². The quantitative estimate of drug-likeness (QED) is 0.380. The minimum absolute atomic E-state index is 0.00120. The summed E-state index contributed by atoms with van der Waals surface area (Å²) in [6.07, 6.45) is 0.337. The number of benzene rings is 3. The number of hydrogen-bond donors (Lipinski definition) is 3. The van der Waals surface area contributed by atoms with E-state index in [-0.39, 0.29) is 31.4 Å². The first-order chi connectivity index (χ1) is 17.0. The van der Waals surface area contributed by atoms with Crippen LogP contribution in [0.15, 0.2) is 72.8 Å². The van der Waals surface area contributed by atoms with E-state index in [1.54, 1.807) is 12.1 Å². The van der Waals surface area contributed by atoms with E-state index < -0.39 is 12.1 Å². The molecule has 0 radical (unpaired) electrons. The maximum atomic E-state index is 12.5.